The molecule has 0 amide bonds. The SMILES string of the molecule is CCNC(=NCc1cccc(N(C)C)c1)N(C)CCOCC1CC1. The molecule has 1 aliphatic carbocycles. The third-order valence-corrected chi connectivity index (χ3v) is 4.16. The molecule has 24 heavy (non-hydrogen) atoms. The van der Waals surface area contributed by atoms with Crippen molar-refractivity contribution >= 4 is 11.6 Å². The van der Waals surface area contributed by atoms with E-state index in [0.29, 0.717) is 6.54 Å². The summed E-state index contributed by atoms with van der Waals surface area (Å²) in [5, 5.41) is 3.36. The molecule has 2 rings (SSSR count). The maximum atomic E-state index is 5.73. The predicted molar refractivity (Wildman–Crippen MR) is 102 cm³/mol. The van der Waals surface area contributed by atoms with Crippen molar-refractivity contribution in [1.82, 2.24) is 10.2 Å². The molecule has 0 unspecified atom stereocenters. The zero-order valence-electron chi connectivity index (χ0n) is 15.6. The van der Waals surface area contributed by atoms with Crippen LogP contribution in [-0.4, -0.2) is 58.3 Å². The molecule has 0 heterocycles. The molecule has 0 spiro atoms. The highest BCUT2D eigenvalue weighted by Gasteiger charge is 2.21. The van der Waals surface area contributed by atoms with Crippen LogP contribution in [0, 0.1) is 5.92 Å². The third kappa shape index (κ3) is 6.40. The first-order valence-corrected chi connectivity index (χ1v) is 8.93. The first kappa shape index (κ1) is 18.6. The molecule has 1 aliphatic rings. The van der Waals surface area contributed by atoms with Crippen LogP contribution in [0.15, 0.2) is 29.3 Å². The van der Waals surface area contributed by atoms with Crippen LogP contribution in [0.1, 0.15) is 25.3 Å². The van der Waals surface area contributed by atoms with Crippen molar-refractivity contribution in [2.24, 2.45) is 10.9 Å². The van der Waals surface area contributed by atoms with Crippen LogP contribution in [-0.2, 0) is 11.3 Å². The van der Waals surface area contributed by atoms with Gasteiger partial charge in [-0.2, -0.15) is 0 Å². The highest BCUT2D eigenvalue weighted by atomic mass is 16.5. The lowest BCUT2D eigenvalue weighted by atomic mass is 10.2. The summed E-state index contributed by atoms with van der Waals surface area (Å²) in [6.45, 7) is 6.17. The molecule has 0 bridgehead atoms. The second-order valence-corrected chi connectivity index (χ2v) is 6.67. The Labute approximate surface area is 146 Å². The van der Waals surface area contributed by atoms with Gasteiger partial charge in [0, 0.05) is 46.5 Å². The molecule has 0 aromatic heterocycles. The van der Waals surface area contributed by atoms with Crippen LogP contribution in [0.3, 0.4) is 0 Å². The molecule has 5 heteroatoms. The van der Waals surface area contributed by atoms with Crippen molar-refractivity contribution in [2.45, 2.75) is 26.3 Å². The highest BCUT2D eigenvalue weighted by Crippen LogP contribution is 2.28. The summed E-state index contributed by atoms with van der Waals surface area (Å²) in [5.74, 6) is 1.75. The van der Waals surface area contributed by atoms with E-state index in [4.69, 9.17) is 9.73 Å². The van der Waals surface area contributed by atoms with E-state index in [1.807, 2.05) is 0 Å². The van der Waals surface area contributed by atoms with Crippen molar-refractivity contribution in [3.8, 4) is 0 Å². The molecule has 0 aliphatic heterocycles. The largest absolute Gasteiger partial charge is 0.379 e. The Kier molecular flexibility index (Phi) is 7.37. The van der Waals surface area contributed by atoms with Gasteiger partial charge in [-0.25, -0.2) is 4.99 Å². The van der Waals surface area contributed by atoms with Crippen LogP contribution >= 0.6 is 0 Å². The zero-order chi connectivity index (χ0) is 17.4. The number of hydrogen-bond acceptors (Lipinski definition) is 3. The molecule has 134 valence electrons. The van der Waals surface area contributed by atoms with Gasteiger partial charge in [0.1, 0.15) is 0 Å². The number of benzene rings is 1. The van der Waals surface area contributed by atoms with Gasteiger partial charge in [0.05, 0.1) is 13.2 Å². The summed E-state index contributed by atoms with van der Waals surface area (Å²) in [4.78, 5) is 9.03. The van der Waals surface area contributed by atoms with E-state index in [2.05, 4.69) is 67.4 Å². The number of nitrogens with one attached hydrogen (secondary N) is 1. The van der Waals surface area contributed by atoms with Gasteiger partial charge in [0.15, 0.2) is 5.96 Å². The van der Waals surface area contributed by atoms with E-state index in [1.54, 1.807) is 0 Å². The number of likely N-dealkylation sites (N-methyl/N-ethyl adjacent to an activating group) is 1. The van der Waals surface area contributed by atoms with Gasteiger partial charge in [0.2, 0.25) is 0 Å². The van der Waals surface area contributed by atoms with Gasteiger partial charge in [-0.1, -0.05) is 12.1 Å². The van der Waals surface area contributed by atoms with Crippen LogP contribution in [0.5, 0.6) is 0 Å². The van der Waals surface area contributed by atoms with Crippen molar-refractivity contribution in [1.29, 1.82) is 0 Å². The average molecular weight is 332 g/mol. The van der Waals surface area contributed by atoms with E-state index >= 15 is 0 Å². The van der Waals surface area contributed by atoms with Gasteiger partial charge < -0.3 is 19.9 Å². The van der Waals surface area contributed by atoms with Crippen molar-refractivity contribution in [2.75, 3.05) is 52.3 Å². The average Bonchev–Trinajstić information content (AvgIpc) is 3.39. The van der Waals surface area contributed by atoms with Crippen LogP contribution < -0.4 is 10.2 Å². The van der Waals surface area contributed by atoms with Gasteiger partial charge in [-0.15, -0.1) is 0 Å². The van der Waals surface area contributed by atoms with E-state index < -0.39 is 0 Å². The summed E-state index contributed by atoms with van der Waals surface area (Å²) in [6.07, 6.45) is 2.68. The fraction of sp³-hybridized carbons (Fsp3) is 0.632. The summed E-state index contributed by atoms with van der Waals surface area (Å²) in [5.41, 5.74) is 2.42. The van der Waals surface area contributed by atoms with E-state index in [0.717, 1.165) is 38.2 Å². The monoisotopic (exact) mass is 332 g/mol. The minimum atomic E-state index is 0.678. The smallest absolute Gasteiger partial charge is 0.194 e. The maximum Gasteiger partial charge on any atom is 0.194 e. The highest BCUT2D eigenvalue weighted by molar-refractivity contribution is 5.79. The van der Waals surface area contributed by atoms with Crippen LogP contribution in [0.4, 0.5) is 5.69 Å². The van der Waals surface area contributed by atoms with Gasteiger partial charge in [-0.05, 0) is 43.4 Å². The normalized spacial score (nSPS) is 14.6. The van der Waals surface area contributed by atoms with Gasteiger partial charge >= 0.3 is 0 Å². The Morgan fingerprint density at radius 1 is 1.29 bits per heavy atom. The molecular formula is C19H32N4O. The summed E-state index contributed by atoms with van der Waals surface area (Å²) >= 11 is 0. The first-order valence-electron chi connectivity index (χ1n) is 8.93. The number of aliphatic imine (C=N–C) groups is 1. The molecule has 1 N–H and O–H groups in total. The fourth-order valence-corrected chi connectivity index (χ4v) is 2.41. The second-order valence-electron chi connectivity index (χ2n) is 6.67. The number of guanidine groups is 1. The Morgan fingerprint density at radius 3 is 2.75 bits per heavy atom. The minimum absolute atomic E-state index is 0.678. The second kappa shape index (κ2) is 9.52. The van der Waals surface area contributed by atoms with Crippen LogP contribution in [0.2, 0.25) is 0 Å². The molecule has 1 fully saturated rings. The summed E-state index contributed by atoms with van der Waals surface area (Å²) < 4.78 is 5.73. The van der Waals surface area contributed by atoms with E-state index in [1.165, 1.54) is 24.1 Å². The topological polar surface area (TPSA) is 40.1 Å². The number of anilines is 1. The minimum Gasteiger partial charge on any atom is -0.379 e. The predicted octanol–water partition coefficient (Wildman–Crippen LogP) is 2.58. The molecule has 1 aromatic carbocycles. The zero-order valence-corrected chi connectivity index (χ0v) is 15.6. The van der Waals surface area contributed by atoms with Gasteiger partial charge in [-0.3, -0.25) is 0 Å². The number of rotatable bonds is 9. The Bertz CT molecular complexity index is 526. The Balaban J connectivity index is 1.87. The maximum absolute atomic E-state index is 5.73. The van der Waals surface area contributed by atoms with Crippen molar-refractivity contribution in [3.05, 3.63) is 29.8 Å². The third-order valence-electron chi connectivity index (χ3n) is 4.16. The molecule has 0 saturated heterocycles. The molecule has 0 radical (unpaired) electrons. The van der Waals surface area contributed by atoms with Crippen molar-refractivity contribution in [3.63, 3.8) is 0 Å². The quantitative estimate of drug-likeness (QED) is 0.429. The molecule has 1 saturated carbocycles. The van der Waals surface area contributed by atoms with Crippen LogP contribution in [0.25, 0.3) is 0 Å². The fourth-order valence-electron chi connectivity index (χ4n) is 2.41. The molecule has 5 nitrogen and oxygen atoms in total. The van der Waals surface area contributed by atoms with Gasteiger partial charge in [0.25, 0.3) is 0 Å². The standard InChI is InChI=1S/C19H32N4O/c1-5-20-19(23(4)11-12-24-15-16-9-10-16)21-14-17-7-6-8-18(13-17)22(2)3/h6-8,13,16H,5,9-12,14-15H2,1-4H3,(H,20,21). The lowest BCUT2D eigenvalue weighted by Crippen LogP contribution is -2.40. The lowest BCUT2D eigenvalue weighted by molar-refractivity contribution is 0.115. The van der Waals surface area contributed by atoms with E-state index in [9.17, 15) is 0 Å². The molecule has 0 atom stereocenters. The summed E-state index contributed by atoms with van der Waals surface area (Å²) in [6, 6.07) is 8.51. The Hall–Kier alpha value is -1.75. The van der Waals surface area contributed by atoms with E-state index in [-0.39, 0.29) is 0 Å². The lowest BCUT2D eigenvalue weighted by Gasteiger charge is -2.22. The number of nitrogens with zero attached hydrogens (tertiary/aromatic N) is 3. The van der Waals surface area contributed by atoms with Crippen molar-refractivity contribution < 1.29 is 4.74 Å². The summed E-state index contributed by atoms with van der Waals surface area (Å²) in [7, 11) is 6.18. The number of ether oxygens (including phenoxy) is 1. The molecule has 1 aromatic rings. The number of hydrogen-bond donors (Lipinski definition) is 1. The first-order chi connectivity index (χ1) is 11.6. The molecular weight excluding hydrogens is 300 g/mol. The Morgan fingerprint density at radius 2 is 2.08 bits per heavy atom.